The van der Waals surface area contributed by atoms with Gasteiger partial charge in [-0.05, 0) is 29.6 Å². The highest BCUT2D eigenvalue weighted by Gasteiger charge is 2.57. The number of Topliss-reactive ketones (excluding diaryl/α,β-unsaturated/α-hetero) is 1. The average Bonchev–Trinajstić information content (AvgIpc) is 3.61. The van der Waals surface area contributed by atoms with Gasteiger partial charge < -0.3 is 28.5 Å². The molecule has 5 heterocycles. The SMILES string of the molecule is CC[Si](CC)(CC)O[C@H]([C@@H]1CSC[C@@H]([C@H](O)[C@H]2CSCCC23OCCO3)C1=O)[C@@H]1CSCCC12OCCO2. The molecule has 38 heavy (non-hydrogen) atoms. The third kappa shape index (κ3) is 5.68. The Kier molecular flexibility index (Phi) is 10.3. The molecule has 7 nitrogen and oxygen atoms in total. The maximum atomic E-state index is 14.4. The summed E-state index contributed by atoms with van der Waals surface area (Å²) in [6.07, 6.45) is 0.550. The monoisotopic (exact) mass is 606 g/mol. The predicted octanol–water partition coefficient (Wildman–Crippen LogP) is 4.28. The molecule has 5 aliphatic rings. The van der Waals surface area contributed by atoms with Crippen molar-refractivity contribution < 1.29 is 33.3 Å². The molecule has 0 bridgehead atoms. The zero-order valence-electron chi connectivity index (χ0n) is 23.2. The summed E-state index contributed by atoms with van der Waals surface area (Å²) in [5.74, 6) is 2.76. The second-order valence-corrected chi connectivity index (χ2v) is 19.4. The molecule has 5 aliphatic heterocycles. The van der Waals surface area contributed by atoms with Gasteiger partial charge in [-0.3, -0.25) is 4.79 Å². The van der Waals surface area contributed by atoms with Crippen molar-refractivity contribution in [2.75, 3.05) is 60.9 Å². The van der Waals surface area contributed by atoms with Crippen molar-refractivity contribution in [3.63, 3.8) is 0 Å². The molecule has 0 aliphatic carbocycles. The Morgan fingerprint density at radius 3 is 1.87 bits per heavy atom. The topological polar surface area (TPSA) is 83.5 Å². The lowest BCUT2D eigenvalue weighted by molar-refractivity contribution is -0.220. The lowest BCUT2D eigenvalue weighted by Gasteiger charge is -2.49. The number of aliphatic hydroxyl groups excluding tert-OH is 1. The van der Waals surface area contributed by atoms with E-state index >= 15 is 0 Å². The standard InChI is InChI=1S/C27H46O7S3Si/c1-4-38(5-2,6-3)34-25(22-18-36-14-8-27(22)32-11-12-33-27)20-16-37-15-19(23(20)28)24(29)21-17-35-13-7-26(21)30-9-10-31-26/h19-22,24-25,29H,4-18H2,1-3H3/t19-,20-,21-,22+,24+,25-/m1/s1. The highest BCUT2D eigenvalue weighted by Crippen LogP contribution is 2.48. The van der Waals surface area contributed by atoms with E-state index in [0.717, 1.165) is 59.7 Å². The molecule has 5 saturated heterocycles. The molecule has 0 aromatic carbocycles. The fraction of sp³-hybridized carbons (Fsp3) is 0.963. The first-order valence-electron chi connectivity index (χ1n) is 14.6. The molecule has 0 aromatic heterocycles. The second-order valence-electron chi connectivity index (χ2n) is 11.3. The van der Waals surface area contributed by atoms with E-state index in [0.29, 0.717) is 32.2 Å². The van der Waals surface area contributed by atoms with E-state index in [9.17, 15) is 9.90 Å². The Balaban J connectivity index is 1.44. The van der Waals surface area contributed by atoms with E-state index in [1.54, 1.807) is 11.8 Å². The van der Waals surface area contributed by atoms with Crippen LogP contribution in [-0.2, 0) is 28.2 Å². The van der Waals surface area contributed by atoms with Crippen LogP contribution in [0.25, 0.3) is 0 Å². The van der Waals surface area contributed by atoms with Crippen LogP contribution in [0, 0.1) is 23.7 Å². The molecule has 0 amide bonds. The van der Waals surface area contributed by atoms with E-state index in [2.05, 4.69) is 20.8 Å². The van der Waals surface area contributed by atoms with Gasteiger partial charge >= 0.3 is 0 Å². The quantitative estimate of drug-likeness (QED) is 0.384. The van der Waals surface area contributed by atoms with E-state index in [1.807, 2.05) is 23.5 Å². The summed E-state index contributed by atoms with van der Waals surface area (Å²) in [6.45, 7) is 9.05. The van der Waals surface area contributed by atoms with Crippen molar-refractivity contribution in [2.45, 2.75) is 75.5 Å². The summed E-state index contributed by atoms with van der Waals surface area (Å²) >= 11 is 5.53. The molecular weight excluding hydrogens is 561 g/mol. The minimum atomic E-state index is -2.04. The third-order valence-corrected chi connectivity index (χ3v) is 17.7. The lowest BCUT2D eigenvalue weighted by atomic mass is 9.76. The Bertz CT molecular complexity index is 795. The number of hydrogen-bond donors (Lipinski definition) is 1. The Labute approximate surface area is 242 Å². The molecule has 11 heteroatoms. The zero-order chi connectivity index (χ0) is 26.8. The number of thioether (sulfide) groups is 3. The van der Waals surface area contributed by atoms with E-state index in [4.69, 9.17) is 23.4 Å². The average molecular weight is 607 g/mol. The van der Waals surface area contributed by atoms with Crippen molar-refractivity contribution >= 4 is 49.4 Å². The minimum absolute atomic E-state index is 0.00351. The van der Waals surface area contributed by atoms with Crippen LogP contribution < -0.4 is 0 Å². The van der Waals surface area contributed by atoms with Gasteiger partial charge in [0.15, 0.2) is 19.9 Å². The van der Waals surface area contributed by atoms with E-state index in [1.165, 1.54) is 0 Å². The van der Waals surface area contributed by atoms with Gasteiger partial charge in [-0.25, -0.2) is 0 Å². The van der Waals surface area contributed by atoms with Gasteiger partial charge in [-0.2, -0.15) is 35.3 Å². The first-order valence-corrected chi connectivity index (χ1v) is 20.6. The summed E-state index contributed by atoms with van der Waals surface area (Å²) in [4.78, 5) is 14.4. The van der Waals surface area contributed by atoms with Gasteiger partial charge in [0.1, 0.15) is 5.78 Å². The van der Waals surface area contributed by atoms with E-state index < -0.39 is 31.9 Å². The van der Waals surface area contributed by atoms with Gasteiger partial charge in [-0.1, -0.05) is 20.8 Å². The van der Waals surface area contributed by atoms with Crippen molar-refractivity contribution in [1.29, 1.82) is 0 Å². The summed E-state index contributed by atoms with van der Waals surface area (Å²) < 4.78 is 32.2. The number of ketones is 1. The van der Waals surface area contributed by atoms with Gasteiger partial charge in [0.05, 0.1) is 50.5 Å². The Morgan fingerprint density at radius 2 is 1.32 bits per heavy atom. The Morgan fingerprint density at radius 1 is 0.816 bits per heavy atom. The molecular formula is C27H46O7S3Si. The fourth-order valence-corrected chi connectivity index (χ4v) is 14.0. The number of carbonyl (C=O) groups excluding carboxylic acids is 1. The van der Waals surface area contributed by atoms with Crippen LogP contribution in [0.5, 0.6) is 0 Å². The minimum Gasteiger partial charge on any atom is -0.413 e. The molecule has 6 atom stereocenters. The lowest BCUT2D eigenvalue weighted by Crippen LogP contribution is -2.60. The molecule has 5 rings (SSSR count). The number of rotatable bonds is 9. The number of aliphatic hydroxyl groups is 1. The summed E-state index contributed by atoms with van der Waals surface area (Å²) in [7, 11) is -2.04. The van der Waals surface area contributed by atoms with Crippen LogP contribution in [0.1, 0.15) is 33.6 Å². The summed E-state index contributed by atoms with van der Waals surface area (Å²) in [5.41, 5.74) is 0. The van der Waals surface area contributed by atoms with Crippen LogP contribution in [0.15, 0.2) is 0 Å². The second kappa shape index (κ2) is 12.9. The first-order chi connectivity index (χ1) is 18.4. The first kappa shape index (κ1) is 30.2. The molecule has 0 aromatic rings. The molecule has 0 saturated carbocycles. The molecule has 1 N–H and O–H groups in total. The smallest absolute Gasteiger partial charge is 0.192 e. The van der Waals surface area contributed by atoms with Crippen LogP contribution in [0.3, 0.4) is 0 Å². The predicted molar refractivity (Wildman–Crippen MR) is 158 cm³/mol. The number of ether oxygens (including phenoxy) is 4. The number of carbonyl (C=O) groups is 1. The van der Waals surface area contributed by atoms with Crippen LogP contribution in [-0.4, -0.2) is 104 Å². The highest BCUT2D eigenvalue weighted by atomic mass is 32.2. The van der Waals surface area contributed by atoms with Gasteiger partial charge in [0.25, 0.3) is 0 Å². The maximum Gasteiger partial charge on any atom is 0.192 e. The molecule has 218 valence electrons. The van der Waals surface area contributed by atoms with Crippen LogP contribution in [0.4, 0.5) is 0 Å². The van der Waals surface area contributed by atoms with Crippen LogP contribution in [0.2, 0.25) is 18.1 Å². The zero-order valence-corrected chi connectivity index (χ0v) is 26.6. The van der Waals surface area contributed by atoms with Crippen molar-refractivity contribution in [1.82, 2.24) is 0 Å². The van der Waals surface area contributed by atoms with Crippen molar-refractivity contribution in [2.24, 2.45) is 23.7 Å². The third-order valence-electron chi connectivity index (χ3n) is 9.73. The highest BCUT2D eigenvalue weighted by molar-refractivity contribution is 7.99. The van der Waals surface area contributed by atoms with Crippen LogP contribution >= 0.6 is 35.3 Å². The van der Waals surface area contributed by atoms with Crippen molar-refractivity contribution in [3.8, 4) is 0 Å². The summed E-state index contributed by atoms with van der Waals surface area (Å²) in [5, 5.41) is 11.8. The fourth-order valence-electron chi connectivity index (χ4n) is 7.13. The molecule has 0 radical (unpaired) electrons. The van der Waals surface area contributed by atoms with Crippen molar-refractivity contribution in [3.05, 3.63) is 0 Å². The summed E-state index contributed by atoms with van der Waals surface area (Å²) in [6, 6.07) is 3.09. The maximum absolute atomic E-state index is 14.4. The Hall–Kier alpha value is 0.697. The molecule has 2 spiro atoms. The van der Waals surface area contributed by atoms with Gasteiger partial charge in [0.2, 0.25) is 0 Å². The van der Waals surface area contributed by atoms with Gasteiger partial charge in [0, 0.05) is 47.7 Å². The molecule has 0 unspecified atom stereocenters. The van der Waals surface area contributed by atoms with Gasteiger partial charge in [-0.15, -0.1) is 0 Å². The van der Waals surface area contributed by atoms with E-state index in [-0.39, 0.29) is 29.6 Å². The normalized spacial score (nSPS) is 35.1. The number of hydrogen-bond acceptors (Lipinski definition) is 10. The largest absolute Gasteiger partial charge is 0.413 e. The molecule has 5 fully saturated rings.